The lowest BCUT2D eigenvalue weighted by Crippen LogP contribution is -2.28. The van der Waals surface area contributed by atoms with Gasteiger partial charge in [-0.05, 0) is 43.7 Å². The summed E-state index contributed by atoms with van der Waals surface area (Å²) >= 11 is 0. The average molecular weight is 505 g/mol. The van der Waals surface area contributed by atoms with E-state index in [1.165, 1.54) is 18.3 Å². The second kappa shape index (κ2) is 9.36. The summed E-state index contributed by atoms with van der Waals surface area (Å²) < 4.78 is 76.5. The average Bonchev–Trinajstić information content (AvgIpc) is 3.13. The summed E-state index contributed by atoms with van der Waals surface area (Å²) in [7, 11) is 0. The maximum atomic E-state index is 14.0. The molecular weight excluding hydrogens is 489 g/mol. The van der Waals surface area contributed by atoms with Gasteiger partial charge in [-0.15, -0.1) is 0 Å². The van der Waals surface area contributed by atoms with E-state index < -0.39 is 41.9 Å². The number of hydrogen-bond acceptors (Lipinski definition) is 6. The number of hydrogen-bond donors (Lipinski definition) is 0. The van der Waals surface area contributed by atoms with Gasteiger partial charge in [0.05, 0.1) is 22.5 Å². The lowest BCUT2D eigenvalue weighted by molar-refractivity contribution is -0.193. The van der Waals surface area contributed by atoms with Gasteiger partial charge in [0, 0.05) is 24.2 Å². The molecule has 3 heterocycles. The summed E-state index contributed by atoms with van der Waals surface area (Å²) in [6.07, 6.45) is -1.36. The molecule has 0 saturated carbocycles. The molecule has 0 radical (unpaired) electrons. The number of imidazole rings is 1. The molecule has 0 aliphatic heterocycles. The van der Waals surface area contributed by atoms with Crippen molar-refractivity contribution in [2.24, 2.45) is 0 Å². The first-order valence-electron chi connectivity index (χ1n) is 10.3. The standard InChI is InChI=1S/C24H16F5N3O4/c1-12-6-19(35-11-16-17(25)4-3-5-18(16)26)21-31-13(2)20(32(21)10-12)14-7-15(9-30-8-14)22(33)36-23(34)24(27,28)29/h3-10H,11H2,1-2H3. The molecule has 0 aliphatic rings. The van der Waals surface area contributed by atoms with Crippen LogP contribution in [0.2, 0.25) is 0 Å². The van der Waals surface area contributed by atoms with Crippen LogP contribution in [0.3, 0.4) is 0 Å². The number of carbonyl (C=O) groups is 2. The summed E-state index contributed by atoms with van der Waals surface area (Å²) in [5, 5.41) is 0. The lowest BCUT2D eigenvalue weighted by atomic mass is 10.1. The van der Waals surface area contributed by atoms with E-state index in [0.29, 0.717) is 17.0 Å². The number of esters is 2. The van der Waals surface area contributed by atoms with E-state index in [1.54, 1.807) is 30.5 Å². The van der Waals surface area contributed by atoms with Crippen LogP contribution in [0, 0.1) is 25.5 Å². The minimum Gasteiger partial charge on any atom is -0.485 e. The Hall–Kier alpha value is -4.35. The van der Waals surface area contributed by atoms with Crippen LogP contribution in [0.25, 0.3) is 16.9 Å². The molecule has 36 heavy (non-hydrogen) atoms. The Morgan fingerprint density at radius 2 is 1.75 bits per heavy atom. The molecule has 0 saturated heterocycles. The Kier molecular flexibility index (Phi) is 6.44. The Morgan fingerprint density at radius 3 is 2.42 bits per heavy atom. The minimum atomic E-state index is -5.33. The van der Waals surface area contributed by atoms with Crippen LogP contribution < -0.4 is 4.74 Å². The van der Waals surface area contributed by atoms with Gasteiger partial charge in [-0.25, -0.2) is 23.4 Å². The number of ether oxygens (including phenoxy) is 2. The number of pyridine rings is 2. The maximum Gasteiger partial charge on any atom is 0.491 e. The number of alkyl halides is 3. The summed E-state index contributed by atoms with van der Waals surface area (Å²) in [6, 6.07) is 6.28. The predicted molar refractivity (Wildman–Crippen MR) is 115 cm³/mol. The summed E-state index contributed by atoms with van der Waals surface area (Å²) in [5.74, 6) is -5.49. The summed E-state index contributed by atoms with van der Waals surface area (Å²) in [5.41, 5.74) is 1.45. The Bertz CT molecular complexity index is 1480. The van der Waals surface area contributed by atoms with E-state index >= 15 is 0 Å². The van der Waals surface area contributed by atoms with Crippen molar-refractivity contribution in [2.75, 3.05) is 0 Å². The van der Waals surface area contributed by atoms with Crippen LogP contribution in [0.15, 0.2) is 48.9 Å². The van der Waals surface area contributed by atoms with Gasteiger partial charge in [0.2, 0.25) is 0 Å². The highest BCUT2D eigenvalue weighted by molar-refractivity contribution is 5.98. The molecule has 0 atom stereocenters. The Balaban J connectivity index is 1.70. The van der Waals surface area contributed by atoms with Crippen LogP contribution in [0.1, 0.15) is 27.2 Å². The first-order chi connectivity index (χ1) is 17.0. The highest BCUT2D eigenvalue weighted by Gasteiger charge is 2.42. The van der Waals surface area contributed by atoms with E-state index in [1.807, 2.05) is 0 Å². The molecule has 0 spiro atoms. The molecule has 0 bridgehead atoms. The van der Waals surface area contributed by atoms with Gasteiger partial charge in [0.25, 0.3) is 0 Å². The topological polar surface area (TPSA) is 82.8 Å². The lowest BCUT2D eigenvalue weighted by Gasteiger charge is -2.11. The fraction of sp³-hybridized carbons (Fsp3) is 0.167. The number of fused-ring (bicyclic) bond motifs is 1. The van der Waals surface area contributed by atoms with E-state index in [0.717, 1.165) is 18.3 Å². The molecule has 0 aliphatic carbocycles. The zero-order chi connectivity index (χ0) is 26.2. The van der Waals surface area contributed by atoms with Gasteiger partial charge < -0.3 is 9.47 Å². The molecule has 0 N–H and O–H groups in total. The fourth-order valence-electron chi connectivity index (χ4n) is 3.51. The SMILES string of the molecule is Cc1cc(OCc2c(F)cccc2F)c2nc(C)c(-c3cncc(C(=O)OC(=O)C(F)(F)F)c3)n2c1. The zero-order valence-corrected chi connectivity index (χ0v) is 18.7. The van der Waals surface area contributed by atoms with Crippen molar-refractivity contribution >= 4 is 17.6 Å². The van der Waals surface area contributed by atoms with Crippen molar-refractivity contribution in [1.82, 2.24) is 14.4 Å². The molecule has 4 rings (SSSR count). The Morgan fingerprint density at radius 1 is 1.06 bits per heavy atom. The number of aromatic nitrogens is 3. The molecule has 0 unspecified atom stereocenters. The number of nitrogens with zero attached hydrogens (tertiary/aromatic N) is 3. The number of halogens is 5. The molecule has 12 heteroatoms. The largest absolute Gasteiger partial charge is 0.491 e. The second-order valence-electron chi connectivity index (χ2n) is 7.75. The highest BCUT2D eigenvalue weighted by atomic mass is 19.4. The predicted octanol–water partition coefficient (Wildman–Crippen LogP) is 5.12. The van der Waals surface area contributed by atoms with Crippen molar-refractivity contribution in [2.45, 2.75) is 26.6 Å². The van der Waals surface area contributed by atoms with Gasteiger partial charge >= 0.3 is 18.1 Å². The fourth-order valence-corrected chi connectivity index (χ4v) is 3.51. The molecule has 4 aromatic rings. The third kappa shape index (κ3) is 4.88. The first kappa shape index (κ1) is 24.8. The summed E-state index contributed by atoms with van der Waals surface area (Å²) in [6.45, 7) is 2.97. The summed E-state index contributed by atoms with van der Waals surface area (Å²) in [4.78, 5) is 31.4. The molecule has 7 nitrogen and oxygen atoms in total. The minimum absolute atomic E-state index is 0.214. The second-order valence-corrected chi connectivity index (χ2v) is 7.75. The Labute approximate surface area is 200 Å². The van der Waals surface area contributed by atoms with Crippen LogP contribution >= 0.6 is 0 Å². The number of rotatable bonds is 5. The highest BCUT2D eigenvalue weighted by Crippen LogP contribution is 2.31. The van der Waals surface area contributed by atoms with E-state index in [-0.39, 0.29) is 22.5 Å². The van der Waals surface area contributed by atoms with Crippen molar-refractivity contribution in [1.29, 1.82) is 0 Å². The maximum absolute atomic E-state index is 14.0. The van der Waals surface area contributed by atoms with Gasteiger partial charge in [-0.1, -0.05) is 6.07 Å². The third-order valence-electron chi connectivity index (χ3n) is 5.10. The third-order valence-corrected chi connectivity index (χ3v) is 5.10. The molecule has 3 aromatic heterocycles. The molecular formula is C24H16F5N3O4. The van der Waals surface area contributed by atoms with E-state index in [4.69, 9.17) is 4.74 Å². The molecule has 0 amide bonds. The van der Waals surface area contributed by atoms with Gasteiger partial charge in [0.15, 0.2) is 11.4 Å². The molecule has 0 fully saturated rings. The van der Waals surface area contributed by atoms with Gasteiger partial charge in [-0.2, -0.15) is 13.2 Å². The van der Waals surface area contributed by atoms with Crippen LogP contribution in [0.5, 0.6) is 5.75 Å². The van der Waals surface area contributed by atoms with Crippen molar-refractivity contribution in [3.8, 4) is 17.0 Å². The zero-order valence-electron chi connectivity index (χ0n) is 18.7. The van der Waals surface area contributed by atoms with Crippen LogP contribution in [-0.4, -0.2) is 32.5 Å². The van der Waals surface area contributed by atoms with E-state index in [2.05, 4.69) is 14.7 Å². The monoisotopic (exact) mass is 505 g/mol. The van der Waals surface area contributed by atoms with Crippen molar-refractivity contribution in [3.05, 3.63) is 82.9 Å². The number of carbonyl (C=O) groups excluding carboxylic acids is 2. The van der Waals surface area contributed by atoms with Gasteiger partial charge in [0.1, 0.15) is 18.2 Å². The quantitative estimate of drug-likeness (QED) is 0.213. The van der Waals surface area contributed by atoms with Crippen LogP contribution in [-0.2, 0) is 16.1 Å². The van der Waals surface area contributed by atoms with Crippen molar-refractivity contribution in [3.63, 3.8) is 0 Å². The smallest absolute Gasteiger partial charge is 0.485 e. The van der Waals surface area contributed by atoms with Gasteiger partial charge in [-0.3, -0.25) is 9.38 Å². The molecule has 186 valence electrons. The van der Waals surface area contributed by atoms with E-state index in [9.17, 15) is 31.5 Å². The van der Waals surface area contributed by atoms with Crippen LogP contribution in [0.4, 0.5) is 22.0 Å². The number of aryl methyl sites for hydroxylation is 2. The first-order valence-corrected chi connectivity index (χ1v) is 10.3. The number of benzene rings is 1. The molecule has 1 aromatic carbocycles. The normalized spacial score (nSPS) is 11.5. The van der Waals surface area contributed by atoms with Crippen molar-refractivity contribution < 1.29 is 41.0 Å².